The number of likely N-dealkylation sites (N-methyl/N-ethyl adjacent to an activating group) is 1. The van der Waals surface area contributed by atoms with Gasteiger partial charge >= 0.3 is 12.1 Å². The molecule has 9 heteroatoms. The molecule has 174 valence electrons. The number of hydrogen-bond acceptors (Lipinski definition) is 7. The highest BCUT2D eigenvalue weighted by Crippen LogP contribution is 2.32. The highest BCUT2D eigenvalue weighted by Gasteiger charge is 2.26. The van der Waals surface area contributed by atoms with Crippen LogP contribution >= 0.6 is 0 Å². The van der Waals surface area contributed by atoms with Crippen LogP contribution in [-0.4, -0.2) is 92.1 Å². The molecule has 0 radical (unpaired) electrons. The number of piperazine rings is 1. The normalized spacial score (nSPS) is 16.4. The summed E-state index contributed by atoms with van der Waals surface area (Å²) < 4.78 is 16.7. The van der Waals surface area contributed by atoms with Gasteiger partial charge in [-0.3, -0.25) is 4.90 Å². The number of rotatable bonds is 9. The third kappa shape index (κ3) is 8.26. The molecule has 1 atom stereocenters. The lowest BCUT2D eigenvalue weighted by Gasteiger charge is -2.32. The lowest BCUT2D eigenvalue weighted by atomic mass is 10.0. The number of carbonyl (C=O) groups is 2. The summed E-state index contributed by atoms with van der Waals surface area (Å²) in [6.07, 6.45) is -0.740. The Hall–Kier alpha value is -2.52. The highest BCUT2D eigenvalue weighted by atomic mass is 16.6. The molecule has 0 aromatic heterocycles. The zero-order chi connectivity index (χ0) is 23.0. The number of benzene rings is 1. The molecule has 1 aliphatic heterocycles. The number of aliphatic carboxylic acids is 1. The lowest BCUT2D eigenvalue weighted by Crippen LogP contribution is -2.45. The van der Waals surface area contributed by atoms with Crippen molar-refractivity contribution >= 4 is 12.1 Å². The summed E-state index contributed by atoms with van der Waals surface area (Å²) in [5.74, 6) is -0.134. The summed E-state index contributed by atoms with van der Waals surface area (Å²) in [4.78, 5) is 28.5. The van der Waals surface area contributed by atoms with Crippen LogP contribution in [0.2, 0.25) is 0 Å². The Morgan fingerprint density at radius 2 is 1.87 bits per heavy atom. The van der Waals surface area contributed by atoms with Crippen LogP contribution in [0, 0.1) is 0 Å². The van der Waals surface area contributed by atoms with Gasteiger partial charge in [-0.05, 0) is 33.9 Å². The van der Waals surface area contributed by atoms with Gasteiger partial charge in [0.25, 0.3) is 0 Å². The molecule has 0 saturated carbocycles. The molecule has 0 aliphatic carbocycles. The van der Waals surface area contributed by atoms with Crippen LogP contribution in [0.15, 0.2) is 18.2 Å². The van der Waals surface area contributed by atoms with Crippen molar-refractivity contribution in [1.29, 1.82) is 0 Å². The molecule has 1 aromatic carbocycles. The minimum Gasteiger partial charge on any atom is -0.493 e. The second kappa shape index (κ2) is 11.2. The maximum Gasteiger partial charge on any atom is 0.408 e. The van der Waals surface area contributed by atoms with E-state index in [1.54, 1.807) is 46.1 Å². The van der Waals surface area contributed by atoms with Gasteiger partial charge in [-0.15, -0.1) is 0 Å². The molecule has 1 amide bonds. The number of hydrogen-bond donors (Lipinski definition) is 2. The number of carbonyl (C=O) groups excluding carboxylic acids is 1. The van der Waals surface area contributed by atoms with E-state index in [1.165, 1.54) is 0 Å². The summed E-state index contributed by atoms with van der Waals surface area (Å²) in [6.45, 7) is 10.4. The first kappa shape index (κ1) is 24.7. The first-order valence-electron chi connectivity index (χ1n) is 10.5. The van der Waals surface area contributed by atoms with Crippen molar-refractivity contribution in [2.45, 2.75) is 38.8 Å². The molecule has 1 unspecified atom stereocenters. The summed E-state index contributed by atoms with van der Waals surface area (Å²) in [5.41, 5.74) is -0.0816. The minimum atomic E-state index is -1.16. The summed E-state index contributed by atoms with van der Waals surface area (Å²) in [7, 11) is 3.65. The van der Waals surface area contributed by atoms with E-state index in [0.29, 0.717) is 23.7 Å². The Morgan fingerprint density at radius 1 is 1.19 bits per heavy atom. The van der Waals surface area contributed by atoms with E-state index < -0.39 is 23.7 Å². The van der Waals surface area contributed by atoms with Crippen molar-refractivity contribution in [2.24, 2.45) is 0 Å². The number of ether oxygens (including phenoxy) is 3. The molecule has 1 fully saturated rings. The average Bonchev–Trinajstić information content (AvgIpc) is 2.68. The second-order valence-corrected chi connectivity index (χ2v) is 8.68. The van der Waals surface area contributed by atoms with Crippen molar-refractivity contribution in [2.75, 3.05) is 53.5 Å². The van der Waals surface area contributed by atoms with Crippen molar-refractivity contribution in [3.05, 3.63) is 23.8 Å². The van der Waals surface area contributed by atoms with E-state index in [2.05, 4.69) is 22.2 Å². The Morgan fingerprint density at radius 3 is 2.45 bits per heavy atom. The van der Waals surface area contributed by atoms with Crippen LogP contribution in [-0.2, 0) is 16.0 Å². The lowest BCUT2D eigenvalue weighted by molar-refractivity contribution is -0.139. The Labute approximate surface area is 184 Å². The molecule has 2 N–H and O–H groups in total. The molecule has 2 rings (SSSR count). The van der Waals surface area contributed by atoms with E-state index in [1.807, 2.05) is 0 Å². The first-order chi connectivity index (χ1) is 14.6. The molecular weight excluding hydrogens is 402 g/mol. The number of para-hydroxylation sites is 1. The quantitative estimate of drug-likeness (QED) is 0.604. The van der Waals surface area contributed by atoms with Gasteiger partial charge in [-0.2, -0.15) is 0 Å². The Bertz CT molecular complexity index is 741. The predicted octanol–water partition coefficient (Wildman–Crippen LogP) is 1.84. The van der Waals surface area contributed by atoms with Crippen molar-refractivity contribution in [3.8, 4) is 11.5 Å². The van der Waals surface area contributed by atoms with Gasteiger partial charge in [0.15, 0.2) is 11.5 Å². The predicted molar refractivity (Wildman–Crippen MR) is 117 cm³/mol. The highest BCUT2D eigenvalue weighted by molar-refractivity contribution is 5.80. The number of nitrogens with zero attached hydrogens (tertiary/aromatic N) is 2. The summed E-state index contributed by atoms with van der Waals surface area (Å²) in [6, 6.07) is 4.15. The fourth-order valence-electron chi connectivity index (χ4n) is 3.26. The topological polar surface area (TPSA) is 101 Å². The number of carboxylic acid groups (broad SMARTS) is 1. The first-order valence-corrected chi connectivity index (χ1v) is 10.5. The average molecular weight is 438 g/mol. The van der Waals surface area contributed by atoms with Crippen LogP contribution < -0.4 is 14.8 Å². The van der Waals surface area contributed by atoms with Crippen molar-refractivity contribution in [3.63, 3.8) is 0 Å². The van der Waals surface area contributed by atoms with Gasteiger partial charge in [-0.25, -0.2) is 9.59 Å². The Balaban J connectivity index is 2.06. The Kier molecular flexibility index (Phi) is 8.94. The third-order valence-corrected chi connectivity index (χ3v) is 4.94. The minimum absolute atomic E-state index is 0.0373. The van der Waals surface area contributed by atoms with Crippen molar-refractivity contribution < 1.29 is 28.9 Å². The molecule has 0 spiro atoms. The maximum atomic E-state index is 12.1. The van der Waals surface area contributed by atoms with Crippen LogP contribution in [0.4, 0.5) is 4.79 Å². The molecule has 1 aliphatic rings. The molecule has 1 aromatic rings. The number of amides is 1. The maximum absolute atomic E-state index is 12.1. The van der Waals surface area contributed by atoms with E-state index >= 15 is 0 Å². The largest absolute Gasteiger partial charge is 0.493 e. The van der Waals surface area contributed by atoms with E-state index in [9.17, 15) is 14.7 Å². The SMILES string of the molecule is COc1cccc(CC(NC(=O)OC(C)(C)C)C(=O)O)c1OCCN1CCN(C)CC1. The van der Waals surface area contributed by atoms with Gasteiger partial charge in [0, 0.05) is 44.7 Å². The fraction of sp³-hybridized carbons (Fsp3) is 0.636. The smallest absolute Gasteiger partial charge is 0.408 e. The molecule has 31 heavy (non-hydrogen) atoms. The van der Waals surface area contributed by atoms with Gasteiger partial charge in [-0.1, -0.05) is 12.1 Å². The number of nitrogens with one attached hydrogen (secondary N) is 1. The zero-order valence-electron chi connectivity index (χ0n) is 19.1. The molecular formula is C22H35N3O6. The van der Waals surface area contributed by atoms with Crippen LogP contribution in [0.3, 0.4) is 0 Å². The van der Waals surface area contributed by atoms with Gasteiger partial charge < -0.3 is 29.5 Å². The number of carboxylic acids is 1. The molecule has 1 saturated heterocycles. The van der Waals surface area contributed by atoms with Crippen LogP contribution in [0.5, 0.6) is 11.5 Å². The van der Waals surface area contributed by atoms with Crippen LogP contribution in [0.1, 0.15) is 26.3 Å². The monoisotopic (exact) mass is 437 g/mol. The van der Waals surface area contributed by atoms with Gasteiger partial charge in [0.2, 0.25) is 0 Å². The van der Waals surface area contributed by atoms with Crippen LogP contribution in [0.25, 0.3) is 0 Å². The zero-order valence-corrected chi connectivity index (χ0v) is 19.1. The molecule has 9 nitrogen and oxygen atoms in total. The van der Waals surface area contributed by atoms with Gasteiger partial charge in [0.05, 0.1) is 7.11 Å². The van der Waals surface area contributed by atoms with E-state index in [0.717, 1.165) is 32.7 Å². The van der Waals surface area contributed by atoms with Gasteiger partial charge in [0.1, 0.15) is 18.2 Å². The number of alkyl carbamates (subject to hydrolysis) is 1. The second-order valence-electron chi connectivity index (χ2n) is 8.68. The summed E-state index contributed by atoms with van der Waals surface area (Å²) in [5, 5.41) is 12.0. The number of methoxy groups -OCH3 is 1. The van der Waals surface area contributed by atoms with E-state index in [4.69, 9.17) is 14.2 Å². The fourth-order valence-corrected chi connectivity index (χ4v) is 3.26. The van der Waals surface area contributed by atoms with E-state index in [-0.39, 0.29) is 6.42 Å². The standard InChI is InChI=1S/C22H35N3O6/c1-22(2,3)31-21(28)23-17(20(26)27)15-16-7-6-8-18(29-5)19(16)30-14-13-25-11-9-24(4)10-12-25/h6-8,17H,9-15H2,1-5H3,(H,23,28)(H,26,27). The third-order valence-electron chi connectivity index (χ3n) is 4.94. The van der Waals surface area contributed by atoms with Crippen molar-refractivity contribution in [1.82, 2.24) is 15.1 Å². The molecule has 0 bridgehead atoms. The summed E-state index contributed by atoms with van der Waals surface area (Å²) >= 11 is 0. The molecule has 1 heterocycles.